The Kier molecular flexibility index (Phi) is 4.41. The van der Waals surface area contributed by atoms with E-state index >= 15 is 0 Å². The van der Waals surface area contributed by atoms with Gasteiger partial charge in [-0.1, -0.05) is 13.0 Å². The van der Waals surface area contributed by atoms with Gasteiger partial charge >= 0.3 is 5.69 Å². The average molecular weight is 326 g/mol. The molecule has 0 N–H and O–H groups in total. The van der Waals surface area contributed by atoms with Gasteiger partial charge in [-0.25, -0.2) is 9.78 Å². The molecular weight excluding hydrogens is 308 g/mol. The van der Waals surface area contributed by atoms with Gasteiger partial charge in [-0.05, 0) is 24.1 Å². The lowest BCUT2D eigenvalue weighted by atomic mass is 10.2. The highest BCUT2D eigenvalue weighted by atomic mass is 16.5. The first-order valence-corrected chi connectivity index (χ1v) is 7.73. The van der Waals surface area contributed by atoms with E-state index in [1.54, 1.807) is 31.6 Å². The molecule has 7 heteroatoms. The number of aromatic nitrogens is 4. The zero-order chi connectivity index (χ0) is 17.1. The molecule has 0 fully saturated rings. The predicted octanol–water partition coefficient (Wildman–Crippen LogP) is 1.33. The van der Waals surface area contributed by atoms with E-state index in [1.807, 2.05) is 13.0 Å². The van der Waals surface area contributed by atoms with Gasteiger partial charge in [0.25, 0.3) is 5.56 Å². The fraction of sp³-hybridized carbons (Fsp3) is 0.294. The van der Waals surface area contributed by atoms with Gasteiger partial charge in [0, 0.05) is 25.6 Å². The topological polar surface area (TPSA) is 79.0 Å². The summed E-state index contributed by atoms with van der Waals surface area (Å²) >= 11 is 0. The van der Waals surface area contributed by atoms with Crippen molar-refractivity contribution in [1.29, 1.82) is 0 Å². The number of fused-ring (bicyclic) bond motifs is 1. The lowest BCUT2D eigenvalue weighted by Crippen LogP contribution is -2.39. The number of hydrogen-bond acceptors (Lipinski definition) is 5. The Morgan fingerprint density at radius 1 is 1.21 bits per heavy atom. The molecule has 3 aromatic rings. The van der Waals surface area contributed by atoms with Crippen molar-refractivity contribution in [2.45, 2.75) is 19.9 Å². The van der Waals surface area contributed by atoms with Crippen molar-refractivity contribution in [3.05, 3.63) is 63.2 Å². The van der Waals surface area contributed by atoms with Crippen LogP contribution in [0.5, 0.6) is 5.75 Å². The zero-order valence-electron chi connectivity index (χ0n) is 13.6. The molecule has 0 radical (unpaired) electrons. The van der Waals surface area contributed by atoms with Crippen LogP contribution in [0.4, 0.5) is 0 Å². The van der Waals surface area contributed by atoms with Crippen LogP contribution >= 0.6 is 0 Å². The summed E-state index contributed by atoms with van der Waals surface area (Å²) in [6, 6.07) is 5.24. The average Bonchev–Trinajstić information content (AvgIpc) is 2.62. The molecule has 0 aliphatic rings. The Morgan fingerprint density at radius 2 is 2.04 bits per heavy atom. The summed E-state index contributed by atoms with van der Waals surface area (Å²) in [5.41, 5.74) is 0.268. The Hall–Kier alpha value is -2.96. The van der Waals surface area contributed by atoms with E-state index in [4.69, 9.17) is 4.74 Å². The van der Waals surface area contributed by atoms with Crippen molar-refractivity contribution in [3.63, 3.8) is 0 Å². The van der Waals surface area contributed by atoms with Gasteiger partial charge < -0.3 is 4.74 Å². The van der Waals surface area contributed by atoms with Crippen LogP contribution in [0.15, 0.2) is 46.4 Å². The Labute approximate surface area is 138 Å². The maximum Gasteiger partial charge on any atom is 0.332 e. The van der Waals surface area contributed by atoms with E-state index in [-0.39, 0.29) is 6.54 Å². The van der Waals surface area contributed by atoms with Gasteiger partial charge in [0.15, 0.2) is 5.65 Å². The molecule has 24 heavy (non-hydrogen) atoms. The Bertz CT molecular complexity index is 977. The summed E-state index contributed by atoms with van der Waals surface area (Å²) in [6.45, 7) is 2.63. The molecule has 0 saturated heterocycles. The van der Waals surface area contributed by atoms with Crippen LogP contribution in [0.1, 0.15) is 18.9 Å². The molecule has 3 rings (SSSR count). The van der Waals surface area contributed by atoms with E-state index in [0.29, 0.717) is 23.4 Å². The third kappa shape index (κ3) is 2.80. The van der Waals surface area contributed by atoms with Crippen LogP contribution in [0.2, 0.25) is 0 Å². The lowest BCUT2D eigenvalue weighted by Gasteiger charge is -2.13. The summed E-state index contributed by atoms with van der Waals surface area (Å²) < 4.78 is 8.22. The number of ether oxygens (including phenoxy) is 1. The molecule has 124 valence electrons. The highest BCUT2D eigenvalue weighted by Crippen LogP contribution is 2.19. The predicted molar refractivity (Wildman–Crippen MR) is 90.4 cm³/mol. The second kappa shape index (κ2) is 6.66. The molecule has 0 atom stereocenters. The molecule has 0 aliphatic heterocycles. The van der Waals surface area contributed by atoms with E-state index < -0.39 is 11.2 Å². The second-order valence-corrected chi connectivity index (χ2v) is 5.45. The molecule has 7 nitrogen and oxygen atoms in total. The van der Waals surface area contributed by atoms with Crippen LogP contribution in [-0.4, -0.2) is 25.7 Å². The first-order valence-electron chi connectivity index (χ1n) is 7.73. The molecule has 0 aliphatic carbocycles. The van der Waals surface area contributed by atoms with Crippen LogP contribution in [0.25, 0.3) is 11.0 Å². The van der Waals surface area contributed by atoms with Crippen LogP contribution in [0, 0.1) is 0 Å². The summed E-state index contributed by atoms with van der Waals surface area (Å²) in [7, 11) is 1.60. The number of rotatable bonds is 5. The van der Waals surface area contributed by atoms with E-state index in [9.17, 15) is 9.59 Å². The minimum atomic E-state index is -0.420. The summed E-state index contributed by atoms with van der Waals surface area (Å²) in [6.07, 6.45) is 5.64. The summed E-state index contributed by atoms with van der Waals surface area (Å²) in [4.78, 5) is 33.7. The quantitative estimate of drug-likeness (QED) is 0.707. The number of aryl methyl sites for hydroxylation is 1. The van der Waals surface area contributed by atoms with E-state index in [0.717, 1.165) is 12.0 Å². The second-order valence-electron chi connectivity index (χ2n) is 5.45. The maximum atomic E-state index is 12.9. The minimum absolute atomic E-state index is 0.150. The van der Waals surface area contributed by atoms with Gasteiger partial charge in [0.05, 0.1) is 13.2 Å². The highest BCUT2D eigenvalue weighted by Gasteiger charge is 2.16. The molecule has 3 aromatic heterocycles. The van der Waals surface area contributed by atoms with Gasteiger partial charge in [-0.15, -0.1) is 0 Å². The SMILES string of the molecule is CCCOc1ccnc2c1c(=O)n(Cc1cccnc1)c(=O)n2C. The number of hydrogen-bond donors (Lipinski definition) is 0. The van der Waals surface area contributed by atoms with Crippen molar-refractivity contribution >= 4 is 11.0 Å². The largest absolute Gasteiger partial charge is 0.493 e. The van der Waals surface area contributed by atoms with Gasteiger partial charge in [0.2, 0.25) is 0 Å². The van der Waals surface area contributed by atoms with Crippen molar-refractivity contribution in [1.82, 2.24) is 19.1 Å². The molecule has 3 heterocycles. The third-order valence-electron chi connectivity index (χ3n) is 3.71. The summed E-state index contributed by atoms with van der Waals surface area (Å²) in [5.74, 6) is 0.447. The van der Waals surface area contributed by atoms with Gasteiger partial charge in [-0.3, -0.25) is 18.9 Å². The van der Waals surface area contributed by atoms with Crippen molar-refractivity contribution < 1.29 is 4.74 Å². The fourth-order valence-electron chi connectivity index (χ4n) is 2.53. The normalized spacial score (nSPS) is 10.9. The highest BCUT2D eigenvalue weighted by molar-refractivity contribution is 5.81. The molecule has 0 aromatic carbocycles. The van der Waals surface area contributed by atoms with E-state index in [2.05, 4.69) is 9.97 Å². The standard InChI is InChI=1S/C17H18N4O3/c1-3-9-24-13-6-8-19-15-14(13)16(22)21(17(23)20(15)2)11-12-5-4-7-18-10-12/h4-8,10H,3,9,11H2,1-2H3. The molecule has 0 saturated carbocycles. The molecule has 0 bridgehead atoms. The number of pyridine rings is 2. The van der Waals surface area contributed by atoms with Crippen LogP contribution < -0.4 is 16.0 Å². The van der Waals surface area contributed by atoms with Crippen molar-refractivity contribution in [2.24, 2.45) is 7.05 Å². The summed E-state index contributed by atoms with van der Waals surface area (Å²) in [5, 5.41) is 0.317. The maximum absolute atomic E-state index is 12.9. The fourth-order valence-corrected chi connectivity index (χ4v) is 2.53. The van der Waals surface area contributed by atoms with Crippen LogP contribution in [-0.2, 0) is 13.6 Å². The third-order valence-corrected chi connectivity index (χ3v) is 3.71. The van der Waals surface area contributed by atoms with E-state index in [1.165, 1.54) is 15.3 Å². The molecular formula is C17H18N4O3. The van der Waals surface area contributed by atoms with Crippen molar-refractivity contribution in [2.75, 3.05) is 6.61 Å². The number of nitrogens with zero attached hydrogens (tertiary/aromatic N) is 4. The molecule has 0 amide bonds. The lowest BCUT2D eigenvalue weighted by molar-refractivity contribution is 0.320. The molecule has 0 unspecified atom stereocenters. The Balaban J connectivity index is 2.23. The minimum Gasteiger partial charge on any atom is -0.493 e. The smallest absolute Gasteiger partial charge is 0.332 e. The van der Waals surface area contributed by atoms with Crippen LogP contribution in [0.3, 0.4) is 0 Å². The molecule has 0 spiro atoms. The Morgan fingerprint density at radius 3 is 2.75 bits per heavy atom. The van der Waals surface area contributed by atoms with Gasteiger partial charge in [0.1, 0.15) is 11.1 Å². The van der Waals surface area contributed by atoms with Crippen molar-refractivity contribution in [3.8, 4) is 5.75 Å². The zero-order valence-corrected chi connectivity index (χ0v) is 13.6. The first-order chi connectivity index (χ1) is 11.6. The van der Waals surface area contributed by atoms with Gasteiger partial charge in [-0.2, -0.15) is 0 Å². The first kappa shape index (κ1) is 15.9. The monoisotopic (exact) mass is 326 g/mol.